The van der Waals surface area contributed by atoms with E-state index in [0.29, 0.717) is 11.6 Å². The van der Waals surface area contributed by atoms with Gasteiger partial charge in [0.15, 0.2) is 0 Å². The van der Waals surface area contributed by atoms with Gasteiger partial charge in [0.2, 0.25) is 0 Å². The molecular weight excluding hydrogens is 324 g/mol. The SMILES string of the molecule is CCN(CC)C1(C(Cc2ccc(Br)cc2)NC)CCCC1. The molecule has 1 aromatic carbocycles. The van der Waals surface area contributed by atoms with Gasteiger partial charge in [0.05, 0.1) is 0 Å². The Kier molecular flexibility index (Phi) is 6.27. The number of likely N-dealkylation sites (N-methyl/N-ethyl adjacent to an activating group) is 2. The van der Waals surface area contributed by atoms with E-state index < -0.39 is 0 Å². The van der Waals surface area contributed by atoms with Crippen LogP contribution in [-0.4, -0.2) is 36.6 Å². The lowest BCUT2D eigenvalue weighted by atomic mass is 9.82. The summed E-state index contributed by atoms with van der Waals surface area (Å²) >= 11 is 3.53. The summed E-state index contributed by atoms with van der Waals surface area (Å²) in [6.45, 7) is 6.90. The van der Waals surface area contributed by atoms with E-state index in [1.54, 1.807) is 0 Å². The van der Waals surface area contributed by atoms with E-state index in [-0.39, 0.29) is 0 Å². The average molecular weight is 353 g/mol. The van der Waals surface area contributed by atoms with Crippen molar-refractivity contribution in [3.63, 3.8) is 0 Å². The smallest absolute Gasteiger partial charge is 0.0365 e. The Morgan fingerprint density at radius 2 is 1.71 bits per heavy atom. The van der Waals surface area contributed by atoms with E-state index in [1.807, 2.05) is 0 Å². The molecule has 1 aromatic rings. The first-order valence-corrected chi connectivity index (χ1v) is 9.12. The number of benzene rings is 1. The molecule has 0 aliphatic heterocycles. The van der Waals surface area contributed by atoms with Crippen LogP contribution < -0.4 is 5.32 Å². The average Bonchev–Trinajstić information content (AvgIpc) is 2.98. The van der Waals surface area contributed by atoms with Gasteiger partial charge in [0.1, 0.15) is 0 Å². The zero-order chi connectivity index (χ0) is 15.3. The molecule has 0 aromatic heterocycles. The third-order valence-corrected chi connectivity index (χ3v) is 5.74. The fourth-order valence-corrected chi connectivity index (χ4v) is 4.41. The van der Waals surface area contributed by atoms with Gasteiger partial charge in [-0.1, -0.05) is 54.8 Å². The number of nitrogens with one attached hydrogen (secondary N) is 1. The van der Waals surface area contributed by atoms with Gasteiger partial charge < -0.3 is 5.32 Å². The molecule has 0 spiro atoms. The molecule has 2 nitrogen and oxygen atoms in total. The number of nitrogens with zero attached hydrogens (tertiary/aromatic N) is 1. The van der Waals surface area contributed by atoms with Crippen LogP contribution in [0.15, 0.2) is 28.7 Å². The lowest BCUT2D eigenvalue weighted by Gasteiger charge is -2.46. The third-order valence-electron chi connectivity index (χ3n) is 5.21. The fourth-order valence-electron chi connectivity index (χ4n) is 4.14. The number of rotatable bonds is 7. The second-order valence-electron chi connectivity index (χ2n) is 6.15. The Morgan fingerprint density at radius 3 is 2.19 bits per heavy atom. The van der Waals surface area contributed by atoms with E-state index in [2.05, 4.69) is 71.3 Å². The van der Waals surface area contributed by atoms with Gasteiger partial charge in [-0.15, -0.1) is 0 Å². The molecule has 0 saturated heterocycles. The highest BCUT2D eigenvalue weighted by Crippen LogP contribution is 2.39. The zero-order valence-corrected chi connectivity index (χ0v) is 15.2. The molecule has 1 aliphatic rings. The van der Waals surface area contributed by atoms with Crippen LogP contribution in [0.3, 0.4) is 0 Å². The normalized spacial score (nSPS) is 19.1. The maximum absolute atomic E-state index is 3.64. The molecule has 1 unspecified atom stereocenters. The van der Waals surface area contributed by atoms with E-state index in [1.165, 1.54) is 31.2 Å². The summed E-state index contributed by atoms with van der Waals surface area (Å²) in [5.74, 6) is 0. The van der Waals surface area contributed by atoms with Crippen LogP contribution in [0.1, 0.15) is 45.1 Å². The Bertz CT molecular complexity index is 419. The Balaban J connectivity index is 2.21. The highest BCUT2D eigenvalue weighted by Gasteiger charge is 2.44. The van der Waals surface area contributed by atoms with Gasteiger partial charge in [-0.25, -0.2) is 0 Å². The quantitative estimate of drug-likeness (QED) is 0.789. The van der Waals surface area contributed by atoms with Crippen molar-refractivity contribution >= 4 is 15.9 Å². The number of halogens is 1. The van der Waals surface area contributed by atoms with Crippen LogP contribution in [0, 0.1) is 0 Å². The highest BCUT2D eigenvalue weighted by molar-refractivity contribution is 9.10. The zero-order valence-electron chi connectivity index (χ0n) is 13.7. The lowest BCUT2D eigenvalue weighted by Crippen LogP contribution is -2.60. The number of hydrogen-bond donors (Lipinski definition) is 1. The van der Waals surface area contributed by atoms with Crippen molar-refractivity contribution in [1.29, 1.82) is 0 Å². The molecule has 1 atom stereocenters. The Labute approximate surface area is 138 Å². The maximum Gasteiger partial charge on any atom is 0.0365 e. The maximum atomic E-state index is 3.64. The van der Waals surface area contributed by atoms with E-state index >= 15 is 0 Å². The van der Waals surface area contributed by atoms with Crippen molar-refractivity contribution in [1.82, 2.24) is 10.2 Å². The first-order valence-electron chi connectivity index (χ1n) is 8.33. The minimum atomic E-state index is 0.339. The van der Waals surface area contributed by atoms with Crippen LogP contribution in [0.2, 0.25) is 0 Å². The monoisotopic (exact) mass is 352 g/mol. The second-order valence-corrected chi connectivity index (χ2v) is 7.07. The van der Waals surface area contributed by atoms with E-state index in [4.69, 9.17) is 0 Å². The topological polar surface area (TPSA) is 15.3 Å². The molecule has 118 valence electrons. The summed E-state index contributed by atoms with van der Waals surface area (Å²) in [7, 11) is 2.13. The molecule has 0 bridgehead atoms. The molecule has 1 fully saturated rings. The molecule has 2 rings (SSSR count). The molecule has 1 saturated carbocycles. The van der Waals surface area contributed by atoms with Crippen LogP contribution >= 0.6 is 15.9 Å². The first kappa shape index (κ1) is 17.0. The summed E-state index contributed by atoms with van der Waals surface area (Å²) in [6.07, 6.45) is 6.51. The van der Waals surface area contributed by atoms with Crippen molar-refractivity contribution in [3.05, 3.63) is 34.3 Å². The van der Waals surface area contributed by atoms with Crippen molar-refractivity contribution in [3.8, 4) is 0 Å². The fraction of sp³-hybridized carbons (Fsp3) is 0.667. The minimum Gasteiger partial charge on any atom is -0.315 e. The second kappa shape index (κ2) is 7.75. The van der Waals surface area contributed by atoms with Crippen LogP contribution in [0.4, 0.5) is 0 Å². The van der Waals surface area contributed by atoms with Gasteiger partial charge in [-0.05, 0) is 57.1 Å². The molecule has 0 radical (unpaired) electrons. The van der Waals surface area contributed by atoms with Crippen LogP contribution in [0.25, 0.3) is 0 Å². The molecule has 1 aliphatic carbocycles. The van der Waals surface area contributed by atoms with Crippen molar-refractivity contribution in [2.75, 3.05) is 20.1 Å². The molecule has 0 amide bonds. The van der Waals surface area contributed by atoms with Gasteiger partial charge in [0, 0.05) is 16.1 Å². The molecule has 21 heavy (non-hydrogen) atoms. The van der Waals surface area contributed by atoms with Gasteiger partial charge >= 0.3 is 0 Å². The molecule has 0 heterocycles. The van der Waals surface area contributed by atoms with E-state index in [9.17, 15) is 0 Å². The molecule has 1 N–H and O–H groups in total. The minimum absolute atomic E-state index is 0.339. The lowest BCUT2D eigenvalue weighted by molar-refractivity contribution is 0.0658. The predicted octanol–water partition coefficient (Wildman–Crippen LogP) is 4.23. The van der Waals surface area contributed by atoms with Crippen LogP contribution in [-0.2, 0) is 6.42 Å². The highest BCUT2D eigenvalue weighted by atomic mass is 79.9. The summed E-state index contributed by atoms with van der Waals surface area (Å²) < 4.78 is 1.16. The Morgan fingerprint density at radius 1 is 1.14 bits per heavy atom. The summed E-state index contributed by atoms with van der Waals surface area (Å²) in [6, 6.07) is 9.33. The Hall–Kier alpha value is -0.380. The third kappa shape index (κ3) is 3.69. The predicted molar refractivity (Wildman–Crippen MR) is 94.8 cm³/mol. The van der Waals surface area contributed by atoms with Gasteiger partial charge in [-0.3, -0.25) is 4.90 Å². The molecule has 3 heteroatoms. The largest absolute Gasteiger partial charge is 0.315 e. The van der Waals surface area contributed by atoms with Gasteiger partial charge in [-0.2, -0.15) is 0 Å². The first-order chi connectivity index (χ1) is 10.2. The van der Waals surface area contributed by atoms with Crippen LogP contribution in [0.5, 0.6) is 0 Å². The number of hydrogen-bond acceptors (Lipinski definition) is 2. The van der Waals surface area contributed by atoms with E-state index in [0.717, 1.165) is 24.0 Å². The summed E-state index contributed by atoms with van der Waals surface area (Å²) in [4.78, 5) is 2.69. The van der Waals surface area contributed by atoms with Crippen molar-refractivity contribution in [2.45, 2.75) is 57.5 Å². The summed E-state index contributed by atoms with van der Waals surface area (Å²) in [5, 5.41) is 3.64. The standard InChI is InChI=1S/C18H29BrN2/c1-4-21(5-2)18(12-6-7-13-18)17(20-3)14-15-8-10-16(19)11-9-15/h8-11,17,20H,4-7,12-14H2,1-3H3. The van der Waals surface area contributed by atoms with Gasteiger partial charge in [0.25, 0.3) is 0 Å². The molecular formula is C18H29BrN2. The van der Waals surface area contributed by atoms with Crippen molar-refractivity contribution in [2.24, 2.45) is 0 Å². The van der Waals surface area contributed by atoms with Crippen molar-refractivity contribution < 1.29 is 0 Å². The summed E-state index contributed by atoms with van der Waals surface area (Å²) in [5.41, 5.74) is 1.77.